The second kappa shape index (κ2) is 5.48. The number of nitrogens with one attached hydrogen (secondary N) is 1. The number of nitro benzene ring substituents is 1. The summed E-state index contributed by atoms with van der Waals surface area (Å²) in [4.78, 5) is 21.8. The smallest absolute Gasteiger partial charge is 0.305 e. The van der Waals surface area contributed by atoms with Crippen molar-refractivity contribution in [3.05, 3.63) is 64.0 Å². The molecule has 2 rings (SSSR count). The number of carbonyl (C=O) groups excluding carboxylic acids is 1. The van der Waals surface area contributed by atoms with Gasteiger partial charge in [0.1, 0.15) is 0 Å². The lowest BCUT2D eigenvalue weighted by molar-refractivity contribution is -0.387. The number of rotatable bonds is 3. The predicted molar refractivity (Wildman–Crippen MR) is 71.9 cm³/mol. The first-order valence-electron chi connectivity index (χ1n) is 5.80. The topological polar surface area (TPSA) is 72.2 Å². The summed E-state index contributed by atoms with van der Waals surface area (Å²) in [6.07, 6.45) is 0. The van der Waals surface area contributed by atoms with Crippen LogP contribution in [0.1, 0.15) is 10.4 Å². The quantitative estimate of drug-likeness (QED) is 0.691. The maximum absolute atomic E-state index is 13.3. The zero-order chi connectivity index (χ0) is 14.7. The van der Waals surface area contributed by atoms with Gasteiger partial charge in [-0.25, -0.2) is 0 Å². The van der Waals surface area contributed by atoms with Gasteiger partial charge in [0.05, 0.1) is 4.92 Å². The van der Waals surface area contributed by atoms with Crippen molar-refractivity contribution in [2.45, 2.75) is 0 Å². The summed E-state index contributed by atoms with van der Waals surface area (Å²) in [6, 6.07) is 10.2. The van der Waals surface area contributed by atoms with Crippen LogP contribution in [0.15, 0.2) is 42.5 Å². The summed E-state index contributed by atoms with van der Waals surface area (Å²) in [6.45, 7) is 0. The van der Waals surface area contributed by atoms with E-state index in [-0.39, 0.29) is 5.91 Å². The van der Waals surface area contributed by atoms with Crippen molar-refractivity contribution in [1.29, 1.82) is 0 Å². The van der Waals surface area contributed by atoms with E-state index in [2.05, 4.69) is 5.32 Å². The molecule has 0 unspecified atom stereocenters. The van der Waals surface area contributed by atoms with Crippen molar-refractivity contribution in [2.75, 3.05) is 7.05 Å². The number of carbonyl (C=O) groups is 1. The summed E-state index contributed by atoms with van der Waals surface area (Å²) in [7, 11) is 1.49. The number of nitrogens with zero attached hydrogens (tertiary/aromatic N) is 1. The van der Waals surface area contributed by atoms with Gasteiger partial charge in [-0.15, -0.1) is 0 Å². The highest BCUT2D eigenvalue weighted by molar-refractivity contribution is 6.00. The highest BCUT2D eigenvalue weighted by Crippen LogP contribution is 2.28. The van der Waals surface area contributed by atoms with Gasteiger partial charge in [0, 0.05) is 18.7 Å². The van der Waals surface area contributed by atoms with Crippen LogP contribution in [0.3, 0.4) is 0 Å². The molecule has 0 saturated carbocycles. The lowest BCUT2D eigenvalue weighted by Crippen LogP contribution is -2.18. The van der Waals surface area contributed by atoms with Crippen LogP contribution in [-0.4, -0.2) is 17.9 Å². The molecular weight excluding hydrogens is 263 g/mol. The van der Waals surface area contributed by atoms with Crippen LogP contribution in [-0.2, 0) is 0 Å². The fourth-order valence-corrected chi connectivity index (χ4v) is 1.89. The molecule has 2 aromatic carbocycles. The molecule has 5 nitrogen and oxygen atoms in total. The SMILES string of the molecule is CNC(=O)c1ccccc1-c1ccc(F)c([N+](=O)[O-])c1. The summed E-state index contributed by atoms with van der Waals surface area (Å²) in [5.74, 6) is -1.22. The zero-order valence-electron chi connectivity index (χ0n) is 10.6. The van der Waals surface area contributed by atoms with Crippen LogP contribution in [0.25, 0.3) is 11.1 Å². The molecule has 0 atom stereocenters. The first-order valence-corrected chi connectivity index (χ1v) is 5.80. The minimum Gasteiger partial charge on any atom is -0.355 e. The average molecular weight is 274 g/mol. The van der Waals surface area contributed by atoms with Gasteiger partial charge in [0.2, 0.25) is 5.82 Å². The average Bonchev–Trinajstić information content (AvgIpc) is 2.46. The highest BCUT2D eigenvalue weighted by atomic mass is 19.1. The van der Waals surface area contributed by atoms with Gasteiger partial charge in [-0.1, -0.05) is 24.3 Å². The second-order valence-electron chi connectivity index (χ2n) is 4.05. The van der Waals surface area contributed by atoms with Gasteiger partial charge in [0.15, 0.2) is 0 Å². The number of amides is 1. The van der Waals surface area contributed by atoms with Gasteiger partial charge in [-0.2, -0.15) is 4.39 Å². The normalized spacial score (nSPS) is 10.1. The molecule has 0 fully saturated rings. The van der Waals surface area contributed by atoms with Crippen LogP contribution >= 0.6 is 0 Å². The van der Waals surface area contributed by atoms with Crippen molar-refractivity contribution in [2.24, 2.45) is 0 Å². The van der Waals surface area contributed by atoms with Crippen LogP contribution in [0.5, 0.6) is 0 Å². The number of benzene rings is 2. The maximum Gasteiger partial charge on any atom is 0.305 e. The Morgan fingerprint density at radius 1 is 1.25 bits per heavy atom. The van der Waals surface area contributed by atoms with Gasteiger partial charge < -0.3 is 5.32 Å². The Labute approximate surface area is 114 Å². The molecule has 2 aromatic rings. The molecule has 0 spiro atoms. The number of nitro groups is 1. The Kier molecular flexibility index (Phi) is 3.74. The van der Waals surface area contributed by atoms with E-state index in [1.807, 2.05) is 0 Å². The Hall–Kier alpha value is -2.76. The molecule has 102 valence electrons. The molecule has 0 heterocycles. The van der Waals surface area contributed by atoms with E-state index in [1.165, 1.54) is 13.1 Å². The molecule has 0 aromatic heterocycles. The van der Waals surface area contributed by atoms with Crippen molar-refractivity contribution in [3.63, 3.8) is 0 Å². The van der Waals surface area contributed by atoms with Crippen LogP contribution in [0, 0.1) is 15.9 Å². The third-order valence-electron chi connectivity index (χ3n) is 2.85. The summed E-state index contributed by atoms with van der Waals surface area (Å²) in [5.41, 5.74) is 0.678. The van der Waals surface area contributed by atoms with E-state index >= 15 is 0 Å². The first kappa shape index (κ1) is 13.7. The molecule has 0 aliphatic rings. The molecule has 0 aliphatic heterocycles. The number of hydrogen-bond acceptors (Lipinski definition) is 3. The van der Waals surface area contributed by atoms with Gasteiger partial charge in [-0.3, -0.25) is 14.9 Å². The van der Waals surface area contributed by atoms with E-state index in [0.29, 0.717) is 16.7 Å². The Bertz CT molecular complexity index is 686. The van der Waals surface area contributed by atoms with Crippen LogP contribution in [0.4, 0.5) is 10.1 Å². The Morgan fingerprint density at radius 3 is 2.60 bits per heavy atom. The van der Waals surface area contributed by atoms with Gasteiger partial charge in [0.25, 0.3) is 5.91 Å². The molecule has 1 N–H and O–H groups in total. The van der Waals surface area contributed by atoms with Crippen molar-refractivity contribution in [3.8, 4) is 11.1 Å². The molecule has 20 heavy (non-hydrogen) atoms. The molecular formula is C14H11FN2O3. The minimum absolute atomic E-state index is 0.312. The van der Waals surface area contributed by atoms with E-state index in [9.17, 15) is 19.3 Å². The fourth-order valence-electron chi connectivity index (χ4n) is 1.89. The lowest BCUT2D eigenvalue weighted by Gasteiger charge is -2.08. The van der Waals surface area contributed by atoms with Crippen molar-refractivity contribution in [1.82, 2.24) is 5.32 Å². The third-order valence-corrected chi connectivity index (χ3v) is 2.85. The molecule has 0 aliphatic carbocycles. The maximum atomic E-state index is 13.3. The van der Waals surface area contributed by atoms with E-state index in [4.69, 9.17) is 0 Å². The number of halogens is 1. The fraction of sp³-hybridized carbons (Fsp3) is 0.0714. The van der Waals surface area contributed by atoms with Gasteiger partial charge in [-0.05, 0) is 23.3 Å². The van der Waals surface area contributed by atoms with Crippen molar-refractivity contribution < 1.29 is 14.1 Å². The lowest BCUT2D eigenvalue weighted by atomic mass is 9.98. The molecule has 0 saturated heterocycles. The van der Waals surface area contributed by atoms with Crippen LogP contribution < -0.4 is 5.32 Å². The zero-order valence-corrected chi connectivity index (χ0v) is 10.6. The number of hydrogen-bond donors (Lipinski definition) is 1. The Balaban J connectivity index is 2.60. The summed E-state index contributed by atoms with van der Waals surface area (Å²) >= 11 is 0. The highest BCUT2D eigenvalue weighted by Gasteiger charge is 2.17. The van der Waals surface area contributed by atoms with Crippen LogP contribution in [0.2, 0.25) is 0 Å². The van der Waals surface area contributed by atoms with E-state index < -0.39 is 16.4 Å². The Morgan fingerprint density at radius 2 is 1.95 bits per heavy atom. The predicted octanol–water partition coefficient (Wildman–Crippen LogP) is 2.76. The molecule has 6 heteroatoms. The first-order chi connectivity index (χ1) is 9.54. The summed E-state index contributed by atoms with van der Waals surface area (Å²) in [5, 5.41) is 13.3. The monoisotopic (exact) mass is 274 g/mol. The molecule has 0 radical (unpaired) electrons. The third kappa shape index (κ3) is 2.49. The molecule has 1 amide bonds. The summed E-state index contributed by atoms with van der Waals surface area (Å²) < 4.78 is 13.3. The van der Waals surface area contributed by atoms with E-state index in [0.717, 1.165) is 12.1 Å². The largest absolute Gasteiger partial charge is 0.355 e. The van der Waals surface area contributed by atoms with Gasteiger partial charge >= 0.3 is 5.69 Å². The minimum atomic E-state index is -0.906. The second-order valence-corrected chi connectivity index (χ2v) is 4.05. The van der Waals surface area contributed by atoms with Crippen molar-refractivity contribution >= 4 is 11.6 Å². The standard InChI is InChI=1S/C14H11FN2O3/c1-16-14(18)11-5-3-2-4-10(11)9-6-7-12(15)13(8-9)17(19)20/h2-8H,1H3,(H,16,18). The molecule has 0 bridgehead atoms. The van der Waals surface area contributed by atoms with E-state index in [1.54, 1.807) is 24.3 Å².